The van der Waals surface area contributed by atoms with Gasteiger partial charge in [-0.2, -0.15) is 0 Å². The maximum atomic E-state index is 13.4. The Balaban J connectivity index is 1.91. The molecule has 3 rings (SSSR count). The van der Waals surface area contributed by atoms with Gasteiger partial charge >= 0.3 is 0 Å². The van der Waals surface area contributed by atoms with E-state index in [0.717, 1.165) is 17.4 Å². The number of ether oxygens (including phenoxy) is 2. The van der Waals surface area contributed by atoms with E-state index in [1.165, 1.54) is 4.31 Å². The van der Waals surface area contributed by atoms with Crippen LogP contribution in [0.4, 0.5) is 5.69 Å². The largest absolute Gasteiger partial charge is 0.493 e. The van der Waals surface area contributed by atoms with Crippen LogP contribution in [0.2, 0.25) is 0 Å². The van der Waals surface area contributed by atoms with Crippen LogP contribution in [0, 0.1) is 0 Å². The predicted molar refractivity (Wildman–Crippen MR) is 129 cm³/mol. The number of amides is 1. The molecule has 0 spiro atoms. The predicted octanol–water partition coefficient (Wildman–Crippen LogP) is 3.94. The highest BCUT2D eigenvalue weighted by Gasteiger charge is 2.25. The van der Waals surface area contributed by atoms with E-state index in [2.05, 4.69) is 0 Å². The minimum absolute atomic E-state index is 0.128. The molecule has 1 amide bonds. The van der Waals surface area contributed by atoms with E-state index in [1.54, 1.807) is 56.5 Å². The number of methoxy groups -OCH3 is 2. The van der Waals surface area contributed by atoms with E-state index in [-0.39, 0.29) is 12.5 Å². The Morgan fingerprint density at radius 3 is 2.09 bits per heavy atom. The van der Waals surface area contributed by atoms with Crippen LogP contribution in [0.15, 0.2) is 72.8 Å². The number of anilines is 1. The van der Waals surface area contributed by atoms with Crippen LogP contribution in [0.1, 0.15) is 21.5 Å². The quantitative estimate of drug-likeness (QED) is 0.475. The summed E-state index contributed by atoms with van der Waals surface area (Å²) in [5.74, 6) is 0.884. The fourth-order valence-corrected chi connectivity index (χ4v) is 4.43. The second kappa shape index (κ2) is 10.4. The van der Waals surface area contributed by atoms with E-state index >= 15 is 0 Å². The first-order valence-electron chi connectivity index (χ1n) is 10.3. The van der Waals surface area contributed by atoms with Gasteiger partial charge in [0.2, 0.25) is 10.0 Å². The van der Waals surface area contributed by atoms with Gasteiger partial charge in [-0.3, -0.25) is 9.10 Å². The molecule has 0 N–H and O–H groups in total. The molecule has 0 aromatic heterocycles. The summed E-state index contributed by atoms with van der Waals surface area (Å²) in [7, 11) is 1.15. The van der Waals surface area contributed by atoms with E-state index in [0.29, 0.717) is 29.3 Å². The van der Waals surface area contributed by atoms with Crippen molar-refractivity contribution in [3.8, 4) is 11.5 Å². The zero-order valence-electron chi connectivity index (χ0n) is 19.2. The van der Waals surface area contributed by atoms with Gasteiger partial charge in [0.1, 0.15) is 0 Å². The molecule has 0 atom stereocenters. The standard InChI is InChI=1S/C25H28N2O5S/c1-26(17-20-14-15-23(31-2)24(16-20)32-3)25(28)21-12-8-9-13-22(21)27(33(4,29)30)18-19-10-6-5-7-11-19/h5-16H,17-18H2,1-4H3. The molecule has 0 aliphatic heterocycles. The number of hydrogen-bond acceptors (Lipinski definition) is 5. The Labute approximate surface area is 195 Å². The molecule has 0 aliphatic rings. The fourth-order valence-electron chi connectivity index (χ4n) is 3.53. The highest BCUT2D eigenvalue weighted by molar-refractivity contribution is 7.92. The molecule has 0 saturated heterocycles. The second-order valence-electron chi connectivity index (χ2n) is 7.62. The third kappa shape index (κ3) is 5.84. The summed E-state index contributed by atoms with van der Waals surface area (Å²) in [5, 5.41) is 0. The zero-order chi connectivity index (χ0) is 24.0. The monoisotopic (exact) mass is 468 g/mol. The molecule has 8 heteroatoms. The number of hydrogen-bond donors (Lipinski definition) is 0. The van der Waals surface area contributed by atoms with Crippen LogP contribution in [0.25, 0.3) is 0 Å². The Morgan fingerprint density at radius 1 is 0.818 bits per heavy atom. The molecule has 0 radical (unpaired) electrons. The van der Waals surface area contributed by atoms with E-state index in [9.17, 15) is 13.2 Å². The number of sulfonamides is 1. The maximum Gasteiger partial charge on any atom is 0.256 e. The Bertz CT molecular complexity index is 1210. The van der Waals surface area contributed by atoms with E-state index < -0.39 is 10.0 Å². The number of carbonyl (C=O) groups is 1. The topological polar surface area (TPSA) is 76.2 Å². The first-order chi connectivity index (χ1) is 15.7. The molecule has 0 aliphatic carbocycles. The van der Waals surface area contributed by atoms with E-state index in [4.69, 9.17) is 9.47 Å². The van der Waals surface area contributed by atoms with Crippen LogP contribution in [0.3, 0.4) is 0 Å². The van der Waals surface area contributed by atoms with Crippen molar-refractivity contribution in [2.24, 2.45) is 0 Å². The summed E-state index contributed by atoms with van der Waals surface area (Å²) < 4.78 is 37.2. The van der Waals surface area contributed by atoms with Crippen molar-refractivity contribution < 1.29 is 22.7 Å². The van der Waals surface area contributed by atoms with Gasteiger partial charge < -0.3 is 14.4 Å². The minimum Gasteiger partial charge on any atom is -0.493 e. The lowest BCUT2D eigenvalue weighted by molar-refractivity contribution is 0.0785. The molecule has 0 saturated carbocycles. The Morgan fingerprint density at radius 2 is 1.45 bits per heavy atom. The van der Waals surface area contributed by atoms with Crippen LogP contribution < -0.4 is 13.8 Å². The number of benzene rings is 3. The molecule has 3 aromatic carbocycles. The zero-order valence-corrected chi connectivity index (χ0v) is 20.0. The van der Waals surface area contributed by atoms with Gasteiger partial charge in [-0.1, -0.05) is 48.5 Å². The van der Waals surface area contributed by atoms with Gasteiger partial charge in [-0.05, 0) is 35.4 Å². The second-order valence-corrected chi connectivity index (χ2v) is 9.53. The molecule has 0 heterocycles. The summed E-state index contributed by atoms with van der Waals surface area (Å²) in [5.41, 5.74) is 2.32. The van der Waals surface area contributed by atoms with Crippen molar-refractivity contribution in [3.63, 3.8) is 0 Å². The Hall–Kier alpha value is -3.52. The SMILES string of the molecule is COc1ccc(CN(C)C(=O)c2ccccc2N(Cc2ccccc2)S(C)(=O)=O)cc1OC. The normalized spacial score (nSPS) is 11.0. The third-order valence-corrected chi connectivity index (χ3v) is 6.31. The lowest BCUT2D eigenvalue weighted by Crippen LogP contribution is -2.33. The molecule has 0 unspecified atom stereocenters. The molecule has 0 fully saturated rings. The lowest BCUT2D eigenvalue weighted by atomic mass is 10.1. The Kier molecular flexibility index (Phi) is 7.60. The number of para-hydroxylation sites is 1. The summed E-state index contributed by atoms with van der Waals surface area (Å²) >= 11 is 0. The highest BCUT2D eigenvalue weighted by Crippen LogP contribution is 2.29. The van der Waals surface area contributed by atoms with Crippen LogP contribution >= 0.6 is 0 Å². The fraction of sp³-hybridized carbons (Fsp3) is 0.240. The minimum atomic E-state index is -3.64. The molecule has 0 bridgehead atoms. The molecule has 3 aromatic rings. The van der Waals surface area contributed by atoms with Gasteiger partial charge in [0, 0.05) is 13.6 Å². The van der Waals surface area contributed by atoms with Crippen molar-refractivity contribution >= 4 is 21.6 Å². The van der Waals surface area contributed by atoms with Crippen molar-refractivity contribution in [2.75, 3.05) is 31.8 Å². The van der Waals surface area contributed by atoms with Crippen molar-refractivity contribution in [2.45, 2.75) is 13.1 Å². The summed E-state index contributed by atoms with van der Waals surface area (Å²) in [6, 6.07) is 21.5. The van der Waals surface area contributed by atoms with Gasteiger partial charge in [-0.15, -0.1) is 0 Å². The molecule has 174 valence electrons. The average molecular weight is 469 g/mol. The van der Waals surface area contributed by atoms with Crippen LogP contribution in [0.5, 0.6) is 11.5 Å². The molecule has 33 heavy (non-hydrogen) atoms. The van der Waals surface area contributed by atoms with E-state index in [1.807, 2.05) is 42.5 Å². The smallest absolute Gasteiger partial charge is 0.256 e. The molecular formula is C25H28N2O5S. The summed E-state index contributed by atoms with van der Waals surface area (Å²) in [4.78, 5) is 14.9. The average Bonchev–Trinajstić information content (AvgIpc) is 2.82. The highest BCUT2D eigenvalue weighted by atomic mass is 32.2. The van der Waals surface area contributed by atoms with Gasteiger partial charge in [0.05, 0.1) is 38.3 Å². The van der Waals surface area contributed by atoms with Gasteiger partial charge in [0.15, 0.2) is 11.5 Å². The molecule has 7 nitrogen and oxygen atoms in total. The molecular weight excluding hydrogens is 440 g/mol. The first kappa shape index (κ1) is 24.1. The lowest BCUT2D eigenvalue weighted by Gasteiger charge is -2.26. The number of rotatable bonds is 9. The summed E-state index contributed by atoms with van der Waals surface area (Å²) in [6.45, 7) is 0.439. The maximum absolute atomic E-state index is 13.4. The van der Waals surface area contributed by atoms with Gasteiger partial charge in [-0.25, -0.2) is 8.42 Å². The van der Waals surface area contributed by atoms with Crippen molar-refractivity contribution in [1.82, 2.24) is 4.90 Å². The summed E-state index contributed by atoms with van der Waals surface area (Å²) in [6.07, 6.45) is 1.14. The van der Waals surface area contributed by atoms with Crippen molar-refractivity contribution in [3.05, 3.63) is 89.5 Å². The van der Waals surface area contributed by atoms with Crippen LogP contribution in [-0.2, 0) is 23.1 Å². The van der Waals surface area contributed by atoms with Crippen LogP contribution in [-0.4, -0.2) is 46.7 Å². The first-order valence-corrected chi connectivity index (χ1v) is 12.2. The van der Waals surface area contributed by atoms with Crippen molar-refractivity contribution in [1.29, 1.82) is 0 Å². The third-order valence-electron chi connectivity index (χ3n) is 5.19. The van der Waals surface area contributed by atoms with Gasteiger partial charge in [0.25, 0.3) is 5.91 Å². The number of nitrogens with zero attached hydrogens (tertiary/aromatic N) is 2. The number of carbonyl (C=O) groups excluding carboxylic acids is 1.